The average molecular weight is 682 g/mol. The van der Waals surface area contributed by atoms with E-state index < -0.39 is 12.0 Å². The Bertz CT molecular complexity index is 1880. The molecule has 222 valence electrons. The van der Waals surface area contributed by atoms with Gasteiger partial charge in [-0.1, -0.05) is 82.5 Å². The molecule has 0 amide bonds. The van der Waals surface area contributed by atoms with Crippen molar-refractivity contribution < 1.29 is 19.0 Å². The lowest BCUT2D eigenvalue weighted by molar-refractivity contribution is -0.139. The molecule has 2 heterocycles. The first-order chi connectivity index (χ1) is 20.8. The second-order valence-corrected chi connectivity index (χ2v) is 12.1. The van der Waals surface area contributed by atoms with Gasteiger partial charge in [-0.2, -0.15) is 0 Å². The van der Waals surface area contributed by atoms with E-state index in [-0.39, 0.29) is 12.2 Å². The van der Waals surface area contributed by atoms with Gasteiger partial charge >= 0.3 is 5.97 Å². The molecule has 3 aromatic carbocycles. The highest BCUT2D eigenvalue weighted by Crippen LogP contribution is 2.38. The molecule has 7 nitrogen and oxygen atoms in total. The summed E-state index contributed by atoms with van der Waals surface area (Å²) in [4.78, 5) is 32.9. The van der Waals surface area contributed by atoms with Crippen LogP contribution in [0.2, 0.25) is 5.02 Å². The van der Waals surface area contributed by atoms with Gasteiger partial charge in [0.2, 0.25) is 0 Å². The molecule has 0 bridgehead atoms. The minimum atomic E-state index is -0.781. The molecular formula is C33H30BrClN2O5S. The third-order valence-corrected chi connectivity index (χ3v) is 8.73. The van der Waals surface area contributed by atoms with Gasteiger partial charge in [0, 0.05) is 20.6 Å². The van der Waals surface area contributed by atoms with E-state index in [1.54, 1.807) is 18.6 Å². The second kappa shape index (κ2) is 13.8. The van der Waals surface area contributed by atoms with Gasteiger partial charge in [-0.25, -0.2) is 9.79 Å². The molecule has 5 rings (SSSR count). The van der Waals surface area contributed by atoms with Crippen LogP contribution in [0.15, 0.2) is 92.3 Å². The van der Waals surface area contributed by atoms with Crippen LogP contribution in [0.1, 0.15) is 49.4 Å². The highest BCUT2D eigenvalue weighted by atomic mass is 79.9. The van der Waals surface area contributed by atoms with E-state index in [0.29, 0.717) is 55.7 Å². The molecule has 0 spiro atoms. The zero-order chi connectivity index (χ0) is 30.5. The molecule has 1 aliphatic heterocycles. The van der Waals surface area contributed by atoms with Gasteiger partial charge in [0.05, 0.1) is 29.5 Å². The Kier molecular flexibility index (Phi) is 9.85. The SMILES string of the molecule is CCCC1=C(C(=O)OCC)[C@H](c2cc(Br)ccc2OC)n2c(s/c(=C/c3cccc(OCc4ccccc4Cl)c3)c2=O)=N1. The Morgan fingerprint density at radius 2 is 1.93 bits per heavy atom. The number of ether oxygens (including phenoxy) is 3. The van der Waals surface area contributed by atoms with Crippen molar-refractivity contribution in [1.29, 1.82) is 0 Å². The van der Waals surface area contributed by atoms with Gasteiger partial charge in [-0.15, -0.1) is 0 Å². The number of benzene rings is 3. The van der Waals surface area contributed by atoms with E-state index in [0.717, 1.165) is 22.0 Å². The van der Waals surface area contributed by atoms with Crippen molar-refractivity contribution in [3.05, 3.63) is 124 Å². The molecule has 4 aromatic rings. The number of carbonyl (C=O) groups is 1. The summed E-state index contributed by atoms with van der Waals surface area (Å²) in [5, 5.41) is 0.640. The van der Waals surface area contributed by atoms with Crippen molar-refractivity contribution in [2.24, 2.45) is 4.99 Å². The number of fused-ring (bicyclic) bond motifs is 1. The minimum absolute atomic E-state index is 0.198. The van der Waals surface area contributed by atoms with E-state index in [1.807, 2.05) is 79.7 Å². The summed E-state index contributed by atoms with van der Waals surface area (Å²) in [5.74, 6) is 0.693. The van der Waals surface area contributed by atoms with Crippen LogP contribution in [0.5, 0.6) is 11.5 Å². The number of nitrogens with zero attached hydrogens (tertiary/aromatic N) is 2. The minimum Gasteiger partial charge on any atom is -0.496 e. The molecule has 1 aliphatic rings. The zero-order valence-electron chi connectivity index (χ0n) is 23.9. The van der Waals surface area contributed by atoms with Crippen LogP contribution in [0, 0.1) is 0 Å². The molecule has 0 N–H and O–H groups in total. The first-order valence-corrected chi connectivity index (χ1v) is 15.8. The van der Waals surface area contributed by atoms with Crippen LogP contribution in [-0.4, -0.2) is 24.3 Å². The first kappa shape index (κ1) is 30.8. The summed E-state index contributed by atoms with van der Waals surface area (Å²) in [5.41, 5.74) is 3.01. The van der Waals surface area contributed by atoms with Crippen molar-refractivity contribution in [2.75, 3.05) is 13.7 Å². The van der Waals surface area contributed by atoms with E-state index in [4.69, 9.17) is 30.8 Å². The van der Waals surface area contributed by atoms with E-state index >= 15 is 0 Å². The van der Waals surface area contributed by atoms with E-state index in [2.05, 4.69) is 15.9 Å². The van der Waals surface area contributed by atoms with Crippen LogP contribution in [-0.2, 0) is 16.1 Å². The van der Waals surface area contributed by atoms with Gasteiger partial charge < -0.3 is 14.2 Å². The Morgan fingerprint density at radius 1 is 1.12 bits per heavy atom. The van der Waals surface area contributed by atoms with E-state index in [1.165, 1.54) is 11.3 Å². The molecule has 0 saturated heterocycles. The predicted molar refractivity (Wildman–Crippen MR) is 173 cm³/mol. The lowest BCUT2D eigenvalue weighted by atomic mass is 9.93. The van der Waals surface area contributed by atoms with Crippen molar-refractivity contribution in [3.63, 3.8) is 0 Å². The Labute approximate surface area is 266 Å². The Balaban J connectivity index is 1.63. The normalized spacial score (nSPS) is 14.7. The quantitative estimate of drug-likeness (QED) is 0.177. The highest BCUT2D eigenvalue weighted by molar-refractivity contribution is 9.10. The van der Waals surface area contributed by atoms with Gasteiger partial charge in [0.15, 0.2) is 4.80 Å². The lowest BCUT2D eigenvalue weighted by Crippen LogP contribution is -2.40. The smallest absolute Gasteiger partial charge is 0.338 e. The van der Waals surface area contributed by atoms with Crippen molar-refractivity contribution >= 4 is 50.9 Å². The maximum atomic E-state index is 14.1. The van der Waals surface area contributed by atoms with Gasteiger partial charge in [-0.05, 0) is 61.4 Å². The fraction of sp³-hybridized carbons (Fsp3) is 0.242. The number of halogens is 2. The average Bonchev–Trinajstić information content (AvgIpc) is 3.30. The molecule has 10 heteroatoms. The predicted octanol–water partition coefficient (Wildman–Crippen LogP) is 6.58. The third-order valence-electron chi connectivity index (χ3n) is 6.89. The number of allylic oxidation sites excluding steroid dienone is 1. The van der Waals surface area contributed by atoms with Crippen LogP contribution in [0.3, 0.4) is 0 Å². The molecule has 0 fully saturated rings. The topological polar surface area (TPSA) is 79.1 Å². The first-order valence-electron chi connectivity index (χ1n) is 13.9. The summed E-state index contributed by atoms with van der Waals surface area (Å²) in [6.45, 7) is 4.30. The molecular weight excluding hydrogens is 652 g/mol. The number of rotatable bonds is 10. The van der Waals surface area contributed by atoms with Gasteiger partial charge in [-0.3, -0.25) is 9.36 Å². The van der Waals surface area contributed by atoms with Crippen LogP contribution in [0.4, 0.5) is 0 Å². The maximum Gasteiger partial charge on any atom is 0.338 e. The molecule has 1 atom stereocenters. The fourth-order valence-electron chi connectivity index (χ4n) is 4.96. The fourth-order valence-corrected chi connectivity index (χ4v) is 6.55. The second-order valence-electron chi connectivity index (χ2n) is 9.75. The van der Waals surface area contributed by atoms with Crippen LogP contribution < -0.4 is 24.4 Å². The molecule has 0 saturated carbocycles. The van der Waals surface area contributed by atoms with Crippen molar-refractivity contribution in [3.8, 4) is 11.5 Å². The van der Waals surface area contributed by atoms with Crippen molar-refractivity contribution in [1.82, 2.24) is 4.57 Å². The third kappa shape index (κ3) is 6.64. The summed E-state index contributed by atoms with van der Waals surface area (Å²) < 4.78 is 20.0. The number of esters is 1. The molecule has 0 radical (unpaired) electrons. The lowest BCUT2D eigenvalue weighted by Gasteiger charge is -2.27. The molecule has 0 unspecified atom stereocenters. The van der Waals surface area contributed by atoms with E-state index in [9.17, 15) is 9.59 Å². The van der Waals surface area contributed by atoms with Crippen LogP contribution >= 0.6 is 38.9 Å². The standard InChI is InChI=1S/C33H30BrClN2O5S/c1-4-9-26-29(32(39)41-5-2)30(24-18-22(34)14-15-27(24)40-3)37-31(38)28(43-33(37)36-26)17-20-10-8-12-23(16-20)42-19-21-11-6-7-13-25(21)35/h6-8,10-18,30H,4-5,9,19H2,1-3H3/b28-17+/t30-/m0/s1. The molecule has 0 aliphatic carbocycles. The molecule has 1 aromatic heterocycles. The number of hydrogen-bond donors (Lipinski definition) is 0. The number of hydrogen-bond acceptors (Lipinski definition) is 7. The number of aromatic nitrogens is 1. The zero-order valence-corrected chi connectivity index (χ0v) is 27.1. The molecule has 43 heavy (non-hydrogen) atoms. The highest BCUT2D eigenvalue weighted by Gasteiger charge is 2.36. The largest absolute Gasteiger partial charge is 0.496 e. The number of carbonyl (C=O) groups excluding carboxylic acids is 1. The van der Waals surface area contributed by atoms with Gasteiger partial charge in [0.1, 0.15) is 24.1 Å². The Hall–Kier alpha value is -3.66. The maximum absolute atomic E-state index is 14.1. The summed E-state index contributed by atoms with van der Waals surface area (Å²) in [7, 11) is 1.57. The summed E-state index contributed by atoms with van der Waals surface area (Å²) in [6.07, 6.45) is 3.13. The van der Waals surface area contributed by atoms with Crippen LogP contribution in [0.25, 0.3) is 6.08 Å². The van der Waals surface area contributed by atoms with Crippen molar-refractivity contribution in [2.45, 2.75) is 39.3 Å². The summed E-state index contributed by atoms with van der Waals surface area (Å²) in [6, 6.07) is 19.8. The monoisotopic (exact) mass is 680 g/mol. The number of methoxy groups -OCH3 is 1. The Morgan fingerprint density at radius 3 is 2.67 bits per heavy atom. The van der Waals surface area contributed by atoms with Gasteiger partial charge in [0.25, 0.3) is 5.56 Å². The summed E-state index contributed by atoms with van der Waals surface area (Å²) >= 11 is 11.1. The number of thiazole rings is 1.